The summed E-state index contributed by atoms with van der Waals surface area (Å²) in [6.07, 6.45) is -1.01. The standard InChI is InChI=1S/C29H36N6O9/c1-3-43-29(42)34-14-12-33(13-15-34)28(41)21(8-9-25(37)38)32-27(40)22-16-23(19-6-4-5-7-20(19)31-22)44-17-24(36)35-11-10-30-26(39)18(35)2/h4-7,16,18,21H,3,8-15,17H2,1-2H3,(H,30,39)(H,32,40)(H,37,38). The lowest BCUT2D eigenvalue weighted by Crippen LogP contribution is -2.56. The predicted octanol–water partition coefficient (Wildman–Crippen LogP) is 0.224. The van der Waals surface area contributed by atoms with Gasteiger partial charge in [-0.1, -0.05) is 12.1 Å². The molecule has 2 saturated heterocycles. The normalized spacial score (nSPS) is 17.5. The lowest BCUT2D eigenvalue weighted by atomic mass is 10.1. The van der Waals surface area contributed by atoms with E-state index in [2.05, 4.69) is 15.6 Å². The van der Waals surface area contributed by atoms with Gasteiger partial charge in [0.05, 0.1) is 12.1 Å². The molecule has 15 nitrogen and oxygen atoms in total. The molecule has 0 spiro atoms. The Morgan fingerprint density at radius 3 is 2.50 bits per heavy atom. The van der Waals surface area contributed by atoms with Gasteiger partial charge in [0, 0.05) is 57.1 Å². The van der Waals surface area contributed by atoms with E-state index in [0.717, 1.165) is 0 Å². The number of hydrogen-bond acceptors (Lipinski definition) is 9. The number of ether oxygens (including phenoxy) is 2. The molecule has 4 rings (SSSR count). The molecule has 2 aromatic rings. The first kappa shape index (κ1) is 32.0. The Morgan fingerprint density at radius 2 is 1.80 bits per heavy atom. The summed E-state index contributed by atoms with van der Waals surface area (Å²) in [5.41, 5.74) is 0.300. The van der Waals surface area contributed by atoms with E-state index in [1.165, 1.54) is 20.8 Å². The zero-order valence-electron chi connectivity index (χ0n) is 24.6. The lowest BCUT2D eigenvalue weighted by molar-refractivity contribution is -0.143. The first-order valence-corrected chi connectivity index (χ1v) is 14.4. The number of carboxylic acids is 1. The summed E-state index contributed by atoms with van der Waals surface area (Å²) in [5, 5.41) is 15.1. The van der Waals surface area contributed by atoms with Gasteiger partial charge in [-0.25, -0.2) is 9.78 Å². The summed E-state index contributed by atoms with van der Waals surface area (Å²) in [5.74, 6) is -2.80. The molecule has 3 heterocycles. The Hall–Kier alpha value is -4.95. The van der Waals surface area contributed by atoms with Crippen molar-refractivity contribution in [2.75, 3.05) is 52.5 Å². The minimum absolute atomic E-state index is 0.0999. The number of rotatable bonds is 10. The van der Waals surface area contributed by atoms with Crippen molar-refractivity contribution in [2.45, 2.75) is 38.8 Å². The number of fused-ring (bicyclic) bond motifs is 1. The second-order valence-electron chi connectivity index (χ2n) is 10.3. The van der Waals surface area contributed by atoms with Crippen LogP contribution in [0, 0.1) is 0 Å². The van der Waals surface area contributed by atoms with Gasteiger partial charge in [-0.05, 0) is 32.4 Å². The third-order valence-electron chi connectivity index (χ3n) is 7.45. The zero-order valence-corrected chi connectivity index (χ0v) is 24.6. The van der Waals surface area contributed by atoms with E-state index >= 15 is 0 Å². The maximum atomic E-state index is 13.4. The fraction of sp³-hybridized carbons (Fsp3) is 0.483. The topological polar surface area (TPSA) is 188 Å². The number of carbonyl (C=O) groups is 6. The summed E-state index contributed by atoms with van der Waals surface area (Å²) < 4.78 is 10.9. The van der Waals surface area contributed by atoms with E-state index in [1.807, 2.05) is 0 Å². The number of carbonyl (C=O) groups excluding carboxylic acids is 5. The van der Waals surface area contributed by atoms with Crippen LogP contribution in [-0.2, 0) is 23.9 Å². The van der Waals surface area contributed by atoms with Gasteiger partial charge in [0.2, 0.25) is 11.8 Å². The summed E-state index contributed by atoms with van der Waals surface area (Å²) in [6, 6.07) is 6.38. The second kappa shape index (κ2) is 14.5. The molecule has 5 amide bonds. The third-order valence-corrected chi connectivity index (χ3v) is 7.45. The van der Waals surface area contributed by atoms with Gasteiger partial charge in [0.1, 0.15) is 23.5 Å². The van der Waals surface area contributed by atoms with E-state index < -0.39 is 41.9 Å². The number of hydrogen-bond donors (Lipinski definition) is 3. The van der Waals surface area contributed by atoms with Crippen LogP contribution < -0.4 is 15.4 Å². The van der Waals surface area contributed by atoms with E-state index in [1.54, 1.807) is 38.1 Å². The van der Waals surface area contributed by atoms with Crippen LogP contribution in [0.5, 0.6) is 5.75 Å². The molecule has 44 heavy (non-hydrogen) atoms. The molecule has 2 fully saturated rings. The smallest absolute Gasteiger partial charge is 0.409 e. The largest absolute Gasteiger partial charge is 0.483 e. The van der Waals surface area contributed by atoms with Crippen molar-refractivity contribution in [3.05, 3.63) is 36.0 Å². The molecular formula is C29H36N6O9. The first-order chi connectivity index (χ1) is 21.1. The Bertz CT molecular complexity index is 1430. The number of aromatic nitrogens is 1. The third kappa shape index (κ3) is 7.71. The fourth-order valence-electron chi connectivity index (χ4n) is 5.03. The number of para-hydroxylation sites is 1. The molecule has 15 heteroatoms. The molecule has 0 bridgehead atoms. The van der Waals surface area contributed by atoms with Crippen LogP contribution in [0.25, 0.3) is 10.9 Å². The lowest BCUT2D eigenvalue weighted by Gasteiger charge is -2.35. The predicted molar refractivity (Wildman–Crippen MR) is 155 cm³/mol. The van der Waals surface area contributed by atoms with Gasteiger partial charge in [0.15, 0.2) is 6.61 Å². The molecule has 3 N–H and O–H groups in total. The fourth-order valence-corrected chi connectivity index (χ4v) is 5.03. The molecule has 2 unspecified atom stereocenters. The van der Waals surface area contributed by atoms with Crippen molar-refractivity contribution >= 4 is 46.6 Å². The molecule has 0 radical (unpaired) electrons. The molecule has 0 aliphatic carbocycles. The SMILES string of the molecule is CCOC(=O)N1CCN(C(=O)C(CCC(=O)O)NC(=O)c2cc(OCC(=O)N3CCNC(=O)C3C)c3ccccc3n2)CC1. The Labute approximate surface area is 253 Å². The van der Waals surface area contributed by atoms with Crippen molar-refractivity contribution in [2.24, 2.45) is 0 Å². The van der Waals surface area contributed by atoms with E-state index in [0.29, 0.717) is 24.0 Å². The number of aliphatic carboxylic acids is 1. The molecule has 236 valence electrons. The van der Waals surface area contributed by atoms with E-state index in [9.17, 15) is 33.9 Å². The van der Waals surface area contributed by atoms with Crippen LogP contribution in [0.1, 0.15) is 37.2 Å². The highest BCUT2D eigenvalue weighted by Crippen LogP contribution is 2.26. The van der Waals surface area contributed by atoms with Gasteiger partial charge in [-0.15, -0.1) is 0 Å². The van der Waals surface area contributed by atoms with Crippen molar-refractivity contribution in [1.82, 2.24) is 30.3 Å². The van der Waals surface area contributed by atoms with Crippen LogP contribution in [0.2, 0.25) is 0 Å². The summed E-state index contributed by atoms with van der Waals surface area (Å²) >= 11 is 0. The number of carboxylic acid groups (broad SMARTS) is 1. The molecule has 1 aromatic carbocycles. The Balaban J connectivity index is 1.49. The van der Waals surface area contributed by atoms with Gasteiger partial charge >= 0.3 is 12.1 Å². The molecular weight excluding hydrogens is 576 g/mol. The summed E-state index contributed by atoms with van der Waals surface area (Å²) in [4.78, 5) is 83.8. The maximum Gasteiger partial charge on any atom is 0.409 e. The van der Waals surface area contributed by atoms with Gasteiger partial charge in [-0.2, -0.15) is 0 Å². The molecule has 0 saturated carbocycles. The quantitative estimate of drug-likeness (QED) is 0.335. The van der Waals surface area contributed by atoms with Crippen molar-refractivity contribution in [3.63, 3.8) is 0 Å². The van der Waals surface area contributed by atoms with Crippen LogP contribution >= 0.6 is 0 Å². The van der Waals surface area contributed by atoms with Gasteiger partial charge in [-0.3, -0.25) is 24.0 Å². The van der Waals surface area contributed by atoms with Gasteiger partial charge in [0.25, 0.3) is 11.8 Å². The van der Waals surface area contributed by atoms with Crippen LogP contribution in [0.3, 0.4) is 0 Å². The van der Waals surface area contributed by atoms with Crippen molar-refractivity contribution in [3.8, 4) is 5.75 Å². The minimum atomic E-state index is -1.17. The van der Waals surface area contributed by atoms with Gasteiger partial charge < -0.3 is 39.9 Å². The highest BCUT2D eigenvalue weighted by Gasteiger charge is 2.32. The number of pyridine rings is 1. The average Bonchev–Trinajstić information content (AvgIpc) is 3.02. The minimum Gasteiger partial charge on any atom is -0.483 e. The molecule has 2 aliphatic rings. The number of piperazine rings is 2. The summed E-state index contributed by atoms with van der Waals surface area (Å²) in [7, 11) is 0. The Kier molecular flexibility index (Phi) is 10.5. The van der Waals surface area contributed by atoms with Crippen LogP contribution in [0.15, 0.2) is 30.3 Å². The number of nitrogens with zero attached hydrogens (tertiary/aromatic N) is 4. The number of nitrogens with one attached hydrogen (secondary N) is 2. The molecule has 2 aliphatic heterocycles. The highest BCUT2D eigenvalue weighted by atomic mass is 16.6. The van der Waals surface area contributed by atoms with Crippen molar-refractivity contribution < 1.29 is 43.3 Å². The second-order valence-corrected chi connectivity index (χ2v) is 10.3. The van der Waals surface area contributed by atoms with Crippen molar-refractivity contribution in [1.29, 1.82) is 0 Å². The molecule has 1 aromatic heterocycles. The zero-order chi connectivity index (χ0) is 31.8. The monoisotopic (exact) mass is 612 g/mol. The Morgan fingerprint density at radius 1 is 1.09 bits per heavy atom. The average molecular weight is 613 g/mol. The number of benzene rings is 1. The summed E-state index contributed by atoms with van der Waals surface area (Å²) in [6.45, 7) is 4.68. The first-order valence-electron chi connectivity index (χ1n) is 14.4. The van der Waals surface area contributed by atoms with E-state index in [4.69, 9.17) is 9.47 Å². The molecule has 2 atom stereocenters. The number of amides is 5. The maximum absolute atomic E-state index is 13.4. The van der Waals surface area contributed by atoms with Crippen LogP contribution in [-0.4, -0.2) is 125 Å². The highest BCUT2D eigenvalue weighted by molar-refractivity contribution is 5.99. The van der Waals surface area contributed by atoms with Crippen LogP contribution in [0.4, 0.5) is 4.79 Å². The van der Waals surface area contributed by atoms with E-state index in [-0.39, 0.29) is 69.6 Å².